The average Bonchev–Trinajstić information content (AvgIpc) is 3.26. The third kappa shape index (κ3) is 4.20. The molecule has 0 aliphatic rings. The van der Waals surface area contributed by atoms with Crippen molar-refractivity contribution >= 4 is 40.0 Å². The van der Waals surface area contributed by atoms with E-state index in [0.29, 0.717) is 15.7 Å². The number of thioether (sulfide) groups is 1. The quantitative estimate of drug-likeness (QED) is 0.503. The molecule has 1 aromatic carbocycles. The van der Waals surface area contributed by atoms with Crippen LogP contribution in [0.3, 0.4) is 0 Å². The van der Waals surface area contributed by atoms with Crippen molar-refractivity contribution in [2.75, 3.05) is 18.2 Å². The van der Waals surface area contributed by atoms with Crippen LogP contribution in [0, 0.1) is 6.92 Å². The van der Waals surface area contributed by atoms with Gasteiger partial charge < -0.3 is 14.6 Å². The Kier molecular flexibility index (Phi) is 5.92. The van der Waals surface area contributed by atoms with Crippen LogP contribution in [-0.4, -0.2) is 39.5 Å². The number of aryl methyl sites for hydroxylation is 1. The van der Waals surface area contributed by atoms with Crippen LogP contribution in [0.4, 0.5) is 5.00 Å². The summed E-state index contributed by atoms with van der Waals surface area (Å²) >= 11 is 2.56. The molecule has 2 aromatic heterocycles. The van der Waals surface area contributed by atoms with Gasteiger partial charge in [-0.1, -0.05) is 36.0 Å². The maximum Gasteiger partial charge on any atom is 0.340 e. The molecule has 3 rings (SSSR count). The van der Waals surface area contributed by atoms with Crippen LogP contribution in [0.5, 0.6) is 0 Å². The van der Waals surface area contributed by atoms with Crippen molar-refractivity contribution < 1.29 is 14.3 Å². The Labute approximate surface area is 164 Å². The highest BCUT2D eigenvalue weighted by Crippen LogP contribution is 2.26. The highest BCUT2D eigenvalue weighted by atomic mass is 32.2. The summed E-state index contributed by atoms with van der Waals surface area (Å²) in [5.74, 6) is 0.198. The van der Waals surface area contributed by atoms with Crippen LogP contribution in [0.2, 0.25) is 0 Å². The first-order chi connectivity index (χ1) is 13.0. The van der Waals surface area contributed by atoms with Gasteiger partial charge in [-0.3, -0.25) is 4.79 Å². The normalized spacial score (nSPS) is 10.6. The lowest BCUT2D eigenvalue weighted by Crippen LogP contribution is -2.16. The number of benzene rings is 1. The molecule has 1 amide bonds. The molecule has 0 unspecified atom stereocenters. The lowest BCUT2D eigenvalue weighted by Gasteiger charge is -2.07. The number of hydrogen-bond acceptors (Lipinski definition) is 7. The Morgan fingerprint density at radius 3 is 2.78 bits per heavy atom. The molecule has 3 aromatic rings. The summed E-state index contributed by atoms with van der Waals surface area (Å²) in [6, 6.07) is 9.56. The Bertz CT molecular complexity index is 981. The third-order valence-electron chi connectivity index (χ3n) is 3.88. The van der Waals surface area contributed by atoms with E-state index in [1.54, 1.807) is 11.4 Å². The number of carbonyl (C=O) groups is 2. The molecule has 1 N–H and O–H groups in total. The molecule has 2 heterocycles. The second-order valence-corrected chi connectivity index (χ2v) is 7.53. The summed E-state index contributed by atoms with van der Waals surface area (Å²) in [6.07, 6.45) is 0. The molecule has 0 aliphatic heterocycles. The molecule has 0 fully saturated rings. The lowest BCUT2D eigenvalue weighted by atomic mass is 10.1. The predicted molar refractivity (Wildman–Crippen MR) is 106 cm³/mol. The molecule has 0 saturated heterocycles. The molecule has 0 spiro atoms. The number of ether oxygens (including phenoxy) is 1. The van der Waals surface area contributed by atoms with E-state index < -0.39 is 5.97 Å². The van der Waals surface area contributed by atoms with Crippen molar-refractivity contribution in [1.82, 2.24) is 14.8 Å². The average molecular weight is 403 g/mol. The van der Waals surface area contributed by atoms with Gasteiger partial charge in [-0.2, -0.15) is 0 Å². The number of anilines is 1. The highest BCUT2D eigenvalue weighted by Gasteiger charge is 2.17. The van der Waals surface area contributed by atoms with Crippen molar-refractivity contribution in [3.05, 3.63) is 46.8 Å². The Morgan fingerprint density at radius 2 is 2.04 bits per heavy atom. The minimum atomic E-state index is -0.477. The number of rotatable bonds is 6. The summed E-state index contributed by atoms with van der Waals surface area (Å²) in [4.78, 5) is 23.9. The number of amides is 1. The van der Waals surface area contributed by atoms with E-state index in [1.165, 1.54) is 30.2 Å². The van der Waals surface area contributed by atoms with Gasteiger partial charge in [-0.15, -0.1) is 21.5 Å². The first-order valence-electron chi connectivity index (χ1n) is 8.05. The van der Waals surface area contributed by atoms with Gasteiger partial charge in [0.1, 0.15) is 5.00 Å². The minimum Gasteiger partial charge on any atom is -0.465 e. The van der Waals surface area contributed by atoms with Crippen molar-refractivity contribution in [1.29, 1.82) is 0 Å². The second kappa shape index (κ2) is 8.36. The van der Waals surface area contributed by atoms with Gasteiger partial charge in [0, 0.05) is 12.6 Å². The van der Waals surface area contributed by atoms with Gasteiger partial charge in [0.15, 0.2) is 11.0 Å². The second-order valence-electron chi connectivity index (χ2n) is 5.67. The van der Waals surface area contributed by atoms with Crippen molar-refractivity contribution in [3.8, 4) is 11.4 Å². The molecule has 0 saturated carbocycles. The van der Waals surface area contributed by atoms with Gasteiger partial charge in [0.2, 0.25) is 5.91 Å². The monoisotopic (exact) mass is 402 g/mol. The Hall–Kier alpha value is -2.65. The fraction of sp³-hybridized carbons (Fsp3) is 0.222. The van der Waals surface area contributed by atoms with Crippen molar-refractivity contribution in [2.45, 2.75) is 12.1 Å². The summed E-state index contributed by atoms with van der Waals surface area (Å²) < 4.78 is 6.57. The van der Waals surface area contributed by atoms with Gasteiger partial charge >= 0.3 is 5.97 Å². The topological polar surface area (TPSA) is 86.1 Å². The van der Waals surface area contributed by atoms with Gasteiger partial charge in [0.25, 0.3) is 0 Å². The standard InChI is InChI=1S/C18H18N4O3S2/c1-11-6-4-5-7-12(11)15-20-21-18(22(15)2)27-10-14(23)19-16-13(8-9-26-16)17(24)25-3/h4-9H,10H2,1-3H3,(H,19,23). The zero-order valence-corrected chi connectivity index (χ0v) is 16.7. The van der Waals surface area contributed by atoms with Crippen molar-refractivity contribution in [2.24, 2.45) is 7.05 Å². The molecule has 0 atom stereocenters. The summed E-state index contributed by atoms with van der Waals surface area (Å²) in [5.41, 5.74) is 2.46. The van der Waals surface area contributed by atoms with E-state index in [9.17, 15) is 9.59 Å². The smallest absolute Gasteiger partial charge is 0.340 e. The van der Waals surface area contributed by atoms with E-state index in [1.807, 2.05) is 42.8 Å². The maximum atomic E-state index is 12.3. The first-order valence-corrected chi connectivity index (χ1v) is 9.91. The maximum absolute atomic E-state index is 12.3. The van der Waals surface area contributed by atoms with E-state index in [4.69, 9.17) is 4.74 Å². The van der Waals surface area contributed by atoms with Gasteiger partial charge in [-0.25, -0.2) is 4.79 Å². The Balaban J connectivity index is 1.66. The molecule has 0 bridgehead atoms. The number of aromatic nitrogens is 3. The number of carbonyl (C=O) groups excluding carboxylic acids is 2. The fourth-order valence-electron chi connectivity index (χ4n) is 2.47. The SMILES string of the molecule is COC(=O)c1ccsc1NC(=O)CSc1nnc(-c2ccccc2C)n1C. The Morgan fingerprint density at radius 1 is 1.26 bits per heavy atom. The first kappa shape index (κ1) is 19.1. The van der Waals surface area contributed by atoms with Crippen LogP contribution in [0.25, 0.3) is 11.4 Å². The summed E-state index contributed by atoms with van der Waals surface area (Å²) in [6.45, 7) is 2.02. The summed E-state index contributed by atoms with van der Waals surface area (Å²) in [7, 11) is 3.18. The van der Waals surface area contributed by atoms with Gasteiger partial charge in [0.05, 0.1) is 18.4 Å². The molecule has 9 heteroatoms. The van der Waals surface area contributed by atoms with Crippen LogP contribution >= 0.6 is 23.1 Å². The summed E-state index contributed by atoms with van der Waals surface area (Å²) in [5, 5.41) is 14.0. The highest BCUT2D eigenvalue weighted by molar-refractivity contribution is 7.99. The van der Waals surface area contributed by atoms with E-state index in [2.05, 4.69) is 15.5 Å². The molecule has 140 valence electrons. The third-order valence-corrected chi connectivity index (χ3v) is 5.73. The molecular formula is C18H18N4O3S2. The molecule has 7 nitrogen and oxygen atoms in total. The van der Waals surface area contributed by atoms with Crippen LogP contribution in [0.1, 0.15) is 15.9 Å². The van der Waals surface area contributed by atoms with Crippen LogP contribution < -0.4 is 5.32 Å². The van der Waals surface area contributed by atoms with Crippen LogP contribution in [-0.2, 0) is 16.6 Å². The van der Waals surface area contributed by atoms with E-state index in [-0.39, 0.29) is 11.7 Å². The number of nitrogens with zero attached hydrogens (tertiary/aromatic N) is 3. The zero-order valence-electron chi connectivity index (χ0n) is 15.1. The van der Waals surface area contributed by atoms with E-state index >= 15 is 0 Å². The zero-order chi connectivity index (χ0) is 19.4. The minimum absolute atomic E-state index is 0.151. The molecular weight excluding hydrogens is 384 g/mol. The molecule has 27 heavy (non-hydrogen) atoms. The van der Waals surface area contributed by atoms with E-state index in [0.717, 1.165) is 17.0 Å². The lowest BCUT2D eigenvalue weighted by molar-refractivity contribution is -0.113. The van der Waals surface area contributed by atoms with Gasteiger partial charge in [-0.05, 0) is 23.9 Å². The van der Waals surface area contributed by atoms with Crippen molar-refractivity contribution in [3.63, 3.8) is 0 Å². The predicted octanol–water partition coefficient (Wildman–Crippen LogP) is 3.37. The molecule has 0 aliphatic carbocycles. The number of methoxy groups -OCH3 is 1. The molecule has 0 radical (unpaired) electrons. The number of thiophene rings is 1. The number of esters is 1. The largest absolute Gasteiger partial charge is 0.465 e. The number of nitrogens with one attached hydrogen (secondary N) is 1. The fourth-order valence-corrected chi connectivity index (χ4v) is 3.97. The van der Waals surface area contributed by atoms with Crippen LogP contribution in [0.15, 0.2) is 40.9 Å². The number of hydrogen-bond donors (Lipinski definition) is 1.